The van der Waals surface area contributed by atoms with Gasteiger partial charge in [0.05, 0.1) is 0 Å². The van der Waals surface area contributed by atoms with Crippen LogP contribution < -0.4 is 14.8 Å². The van der Waals surface area contributed by atoms with Crippen molar-refractivity contribution in [1.82, 2.24) is 5.32 Å². The summed E-state index contributed by atoms with van der Waals surface area (Å²) < 4.78 is 10.6. The molecule has 0 radical (unpaired) electrons. The lowest BCUT2D eigenvalue weighted by atomic mass is 10.1. The summed E-state index contributed by atoms with van der Waals surface area (Å²) in [7, 11) is 0. The van der Waals surface area contributed by atoms with E-state index in [2.05, 4.69) is 19.2 Å². The highest BCUT2D eigenvalue weighted by Crippen LogP contribution is 2.32. The van der Waals surface area contributed by atoms with Gasteiger partial charge in [-0.1, -0.05) is 32.1 Å². The van der Waals surface area contributed by atoms with E-state index < -0.39 is 0 Å². The molecule has 1 aromatic rings. The maximum atomic E-state index is 11.5. The molecule has 0 aliphatic carbocycles. The molecule has 0 aromatic heterocycles. The molecule has 1 aliphatic heterocycles. The molecule has 0 bridgehead atoms. The lowest BCUT2D eigenvalue weighted by molar-refractivity contribution is -0.120. The number of hydrogen-bond acceptors (Lipinski definition) is 3. The molecule has 0 spiro atoms. The monoisotopic (exact) mass is 275 g/mol. The number of hydrogen-bond donors (Lipinski definition) is 1. The highest BCUT2D eigenvalue weighted by Gasteiger charge is 2.12. The van der Waals surface area contributed by atoms with E-state index >= 15 is 0 Å². The van der Waals surface area contributed by atoms with Gasteiger partial charge in [0.2, 0.25) is 12.7 Å². The Morgan fingerprint density at radius 3 is 2.90 bits per heavy atom. The Kier molecular flexibility index (Phi) is 5.04. The molecule has 0 unspecified atom stereocenters. The van der Waals surface area contributed by atoms with Crippen LogP contribution in [0, 0.1) is 5.92 Å². The molecule has 108 valence electrons. The number of nitrogens with one attached hydrogen (secondary N) is 1. The summed E-state index contributed by atoms with van der Waals surface area (Å²) >= 11 is 0. The lowest BCUT2D eigenvalue weighted by Crippen LogP contribution is -2.26. The first-order valence-electron chi connectivity index (χ1n) is 6.95. The Morgan fingerprint density at radius 2 is 2.10 bits per heavy atom. The summed E-state index contributed by atoms with van der Waals surface area (Å²) in [5.41, 5.74) is 1.15. The van der Waals surface area contributed by atoms with Crippen molar-refractivity contribution in [1.29, 1.82) is 0 Å². The predicted molar refractivity (Wildman–Crippen MR) is 77.9 cm³/mol. The van der Waals surface area contributed by atoms with Crippen molar-refractivity contribution in [2.75, 3.05) is 13.3 Å². The minimum atomic E-state index is 0.0700. The largest absolute Gasteiger partial charge is 0.454 e. The van der Waals surface area contributed by atoms with E-state index in [9.17, 15) is 4.79 Å². The van der Waals surface area contributed by atoms with Crippen LogP contribution in [0.5, 0.6) is 11.5 Å². The van der Waals surface area contributed by atoms with E-state index in [4.69, 9.17) is 9.47 Å². The average molecular weight is 275 g/mol. The van der Waals surface area contributed by atoms with Gasteiger partial charge < -0.3 is 14.8 Å². The molecule has 1 aliphatic rings. The van der Waals surface area contributed by atoms with Gasteiger partial charge in [0.15, 0.2) is 11.5 Å². The Morgan fingerprint density at radius 1 is 1.30 bits per heavy atom. The number of fused-ring (bicyclic) bond motifs is 1. The van der Waals surface area contributed by atoms with E-state index in [0.717, 1.165) is 30.0 Å². The first-order valence-corrected chi connectivity index (χ1v) is 6.95. The van der Waals surface area contributed by atoms with Gasteiger partial charge >= 0.3 is 0 Å². The molecule has 0 saturated heterocycles. The van der Waals surface area contributed by atoms with E-state index in [1.54, 1.807) is 0 Å². The van der Waals surface area contributed by atoms with Gasteiger partial charge in [-0.3, -0.25) is 4.79 Å². The van der Waals surface area contributed by atoms with Crippen LogP contribution in [-0.4, -0.2) is 19.2 Å². The zero-order valence-electron chi connectivity index (χ0n) is 12.0. The topological polar surface area (TPSA) is 47.6 Å². The van der Waals surface area contributed by atoms with Crippen LogP contribution in [0.2, 0.25) is 0 Å². The molecule has 1 aromatic carbocycles. The first-order chi connectivity index (χ1) is 9.65. The fourth-order valence-corrected chi connectivity index (χ4v) is 1.87. The normalized spacial score (nSPS) is 13.2. The number of carbonyl (C=O) groups excluding carboxylic acids is 1. The number of allylic oxidation sites excluding steroid dienone is 1. The van der Waals surface area contributed by atoms with Crippen LogP contribution in [0.1, 0.15) is 25.8 Å². The average Bonchev–Trinajstić information content (AvgIpc) is 2.88. The van der Waals surface area contributed by atoms with Gasteiger partial charge in [0.25, 0.3) is 0 Å². The van der Waals surface area contributed by atoms with Crippen molar-refractivity contribution in [3.8, 4) is 11.5 Å². The second-order valence-electron chi connectivity index (χ2n) is 5.27. The molecule has 1 amide bonds. The van der Waals surface area contributed by atoms with Crippen molar-refractivity contribution in [3.05, 3.63) is 35.9 Å². The Bertz CT molecular complexity index is 494. The standard InChI is InChI=1S/C16H21NO3/c1-12(2)10-17-16(18)6-4-3-5-13-7-8-14-15(9-13)20-11-19-14/h3-4,7-9,12H,5-6,10-11H2,1-2H3,(H,17,18)/b4-3+. The van der Waals surface area contributed by atoms with Crippen LogP contribution >= 0.6 is 0 Å². The molecule has 0 fully saturated rings. The molecular weight excluding hydrogens is 254 g/mol. The quantitative estimate of drug-likeness (QED) is 0.812. The van der Waals surface area contributed by atoms with E-state index in [1.807, 2.05) is 30.4 Å². The van der Waals surface area contributed by atoms with Gasteiger partial charge in [0, 0.05) is 13.0 Å². The van der Waals surface area contributed by atoms with Crippen molar-refractivity contribution >= 4 is 5.91 Å². The molecule has 1 N–H and O–H groups in total. The number of amides is 1. The smallest absolute Gasteiger partial charge is 0.231 e. The minimum Gasteiger partial charge on any atom is -0.454 e. The molecule has 20 heavy (non-hydrogen) atoms. The van der Waals surface area contributed by atoms with Crippen LogP contribution in [0.3, 0.4) is 0 Å². The maximum absolute atomic E-state index is 11.5. The van der Waals surface area contributed by atoms with Gasteiger partial charge in [-0.15, -0.1) is 0 Å². The second kappa shape index (κ2) is 6.98. The zero-order valence-corrected chi connectivity index (χ0v) is 12.0. The molecule has 4 heteroatoms. The van der Waals surface area contributed by atoms with Crippen molar-refractivity contribution in [2.45, 2.75) is 26.7 Å². The van der Waals surface area contributed by atoms with Crippen LogP contribution in [0.15, 0.2) is 30.4 Å². The number of carbonyl (C=O) groups is 1. The summed E-state index contributed by atoms with van der Waals surface area (Å²) in [5, 5.41) is 2.89. The number of rotatable bonds is 6. The number of benzene rings is 1. The summed E-state index contributed by atoms with van der Waals surface area (Å²) in [5.74, 6) is 2.15. The van der Waals surface area contributed by atoms with Crippen molar-refractivity contribution in [3.63, 3.8) is 0 Å². The van der Waals surface area contributed by atoms with Crippen molar-refractivity contribution < 1.29 is 14.3 Å². The van der Waals surface area contributed by atoms with Gasteiger partial charge in [-0.25, -0.2) is 0 Å². The lowest BCUT2D eigenvalue weighted by Gasteiger charge is -2.05. The Hall–Kier alpha value is -1.97. The molecule has 2 rings (SSSR count). The Balaban J connectivity index is 1.74. The summed E-state index contributed by atoms with van der Waals surface area (Å²) in [6.45, 7) is 5.19. The SMILES string of the molecule is CC(C)CNC(=O)C/C=C/Cc1ccc2c(c1)OCO2. The molecule has 0 saturated carbocycles. The summed E-state index contributed by atoms with van der Waals surface area (Å²) in [4.78, 5) is 11.5. The summed E-state index contributed by atoms with van der Waals surface area (Å²) in [6, 6.07) is 5.91. The van der Waals surface area contributed by atoms with Gasteiger partial charge in [-0.05, 0) is 30.0 Å². The minimum absolute atomic E-state index is 0.0700. The molecule has 0 atom stereocenters. The van der Waals surface area contributed by atoms with E-state index in [0.29, 0.717) is 19.1 Å². The highest BCUT2D eigenvalue weighted by molar-refractivity contribution is 5.77. The third-order valence-corrected chi connectivity index (χ3v) is 2.97. The third-order valence-electron chi connectivity index (χ3n) is 2.97. The fourth-order valence-electron chi connectivity index (χ4n) is 1.87. The molecule has 4 nitrogen and oxygen atoms in total. The zero-order chi connectivity index (χ0) is 14.4. The Labute approximate surface area is 119 Å². The van der Waals surface area contributed by atoms with E-state index in [-0.39, 0.29) is 5.91 Å². The maximum Gasteiger partial charge on any atom is 0.231 e. The van der Waals surface area contributed by atoms with Gasteiger partial charge in [-0.2, -0.15) is 0 Å². The summed E-state index contributed by atoms with van der Waals surface area (Å²) in [6.07, 6.45) is 5.12. The predicted octanol–water partition coefficient (Wildman–Crippen LogP) is 2.68. The number of ether oxygens (including phenoxy) is 2. The van der Waals surface area contributed by atoms with Gasteiger partial charge in [0.1, 0.15) is 0 Å². The molecule has 1 heterocycles. The van der Waals surface area contributed by atoms with E-state index in [1.165, 1.54) is 0 Å². The molecular formula is C16H21NO3. The fraction of sp³-hybridized carbons (Fsp3) is 0.438. The van der Waals surface area contributed by atoms with Crippen LogP contribution in [-0.2, 0) is 11.2 Å². The highest BCUT2D eigenvalue weighted by atomic mass is 16.7. The third kappa shape index (κ3) is 4.30. The first kappa shape index (κ1) is 14.4. The van der Waals surface area contributed by atoms with Crippen LogP contribution in [0.25, 0.3) is 0 Å². The second-order valence-corrected chi connectivity index (χ2v) is 5.27. The van der Waals surface area contributed by atoms with Crippen molar-refractivity contribution in [2.24, 2.45) is 5.92 Å². The van der Waals surface area contributed by atoms with Crippen LogP contribution in [0.4, 0.5) is 0 Å².